The van der Waals surface area contributed by atoms with E-state index < -0.39 is 5.97 Å². The molecule has 0 fully saturated rings. The number of benzene rings is 1. The second kappa shape index (κ2) is 6.69. The number of nitrogens with zero attached hydrogens (tertiary/aromatic N) is 2. The predicted molar refractivity (Wildman–Crippen MR) is 80.9 cm³/mol. The highest BCUT2D eigenvalue weighted by atomic mass is 16.5. The quantitative estimate of drug-likeness (QED) is 0.646. The summed E-state index contributed by atoms with van der Waals surface area (Å²) in [5.74, 6) is -0.401. The summed E-state index contributed by atoms with van der Waals surface area (Å²) in [4.78, 5) is 20.4. The number of hydrogen-bond acceptors (Lipinski definition) is 6. The zero-order chi connectivity index (χ0) is 15.2. The smallest absolute Gasteiger partial charge is 0.340 e. The van der Waals surface area contributed by atoms with Gasteiger partial charge in [0, 0.05) is 6.20 Å². The maximum atomic E-state index is 11.9. The van der Waals surface area contributed by atoms with Crippen molar-refractivity contribution in [2.24, 2.45) is 0 Å². The van der Waals surface area contributed by atoms with Gasteiger partial charge in [0.2, 0.25) is 0 Å². The Morgan fingerprint density at radius 1 is 1.33 bits per heavy atom. The van der Waals surface area contributed by atoms with E-state index in [0.29, 0.717) is 30.1 Å². The Labute approximate surface area is 123 Å². The molecule has 0 atom stereocenters. The molecular formula is C15H18N4O2. The molecule has 0 unspecified atom stereocenters. The van der Waals surface area contributed by atoms with Crippen molar-refractivity contribution >= 4 is 17.3 Å². The highest BCUT2D eigenvalue weighted by Gasteiger charge is 2.14. The van der Waals surface area contributed by atoms with Gasteiger partial charge in [-0.2, -0.15) is 0 Å². The number of carbonyl (C=O) groups is 1. The third kappa shape index (κ3) is 3.68. The summed E-state index contributed by atoms with van der Waals surface area (Å²) in [7, 11) is 0. The van der Waals surface area contributed by atoms with Crippen LogP contribution in [-0.2, 0) is 11.3 Å². The van der Waals surface area contributed by atoms with Gasteiger partial charge in [0.05, 0.1) is 47.7 Å². The fraction of sp³-hybridized carbons (Fsp3) is 0.267. The van der Waals surface area contributed by atoms with Crippen molar-refractivity contribution in [3.63, 3.8) is 0 Å². The molecule has 0 saturated carbocycles. The molecule has 0 amide bonds. The van der Waals surface area contributed by atoms with E-state index in [2.05, 4.69) is 15.3 Å². The second-order valence-corrected chi connectivity index (χ2v) is 4.49. The summed E-state index contributed by atoms with van der Waals surface area (Å²) < 4.78 is 5.03. The van der Waals surface area contributed by atoms with Crippen molar-refractivity contribution in [2.45, 2.75) is 20.4 Å². The molecular weight excluding hydrogens is 268 g/mol. The molecule has 0 aliphatic rings. The van der Waals surface area contributed by atoms with Gasteiger partial charge in [-0.1, -0.05) is 6.07 Å². The topological polar surface area (TPSA) is 90.1 Å². The first-order valence-electron chi connectivity index (χ1n) is 6.68. The number of hydrogen-bond donors (Lipinski definition) is 2. The molecule has 3 N–H and O–H groups in total. The van der Waals surface area contributed by atoms with Crippen LogP contribution in [0.4, 0.5) is 11.4 Å². The van der Waals surface area contributed by atoms with Crippen LogP contribution in [0.3, 0.4) is 0 Å². The van der Waals surface area contributed by atoms with Crippen molar-refractivity contribution in [1.29, 1.82) is 0 Å². The summed E-state index contributed by atoms with van der Waals surface area (Å²) >= 11 is 0. The first-order chi connectivity index (χ1) is 10.1. The van der Waals surface area contributed by atoms with E-state index in [1.165, 1.54) is 0 Å². The number of esters is 1. The highest BCUT2D eigenvalue weighted by molar-refractivity contribution is 5.98. The Morgan fingerprint density at radius 3 is 2.81 bits per heavy atom. The van der Waals surface area contributed by atoms with E-state index in [9.17, 15) is 4.79 Å². The monoisotopic (exact) mass is 286 g/mol. The molecule has 2 rings (SSSR count). The van der Waals surface area contributed by atoms with Crippen molar-refractivity contribution in [3.05, 3.63) is 47.5 Å². The van der Waals surface area contributed by atoms with Gasteiger partial charge in [-0.25, -0.2) is 4.79 Å². The molecule has 1 aromatic carbocycles. The number of nitrogens with one attached hydrogen (secondary N) is 1. The number of rotatable bonds is 5. The van der Waals surface area contributed by atoms with Crippen molar-refractivity contribution in [3.8, 4) is 0 Å². The molecule has 2 aromatic rings. The maximum Gasteiger partial charge on any atom is 0.340 e. The lowest BCUT2D eigenvalue weighted by molar-refractivity contribution is 0.0527. The summed E-state index contributed by atoms with van der Waals surface area (Å²) in [6.07, 6.45) is 3.38. The summed E-state index contributed by atoms with van der Waals surface area (Å²) in [5, 5.41) is 3.13. The average Bonchev–Trinajstić information content (AvgIpc) is 2.47. The number of para-hydroxylation sites is 1. The molecule has 0 spiro atoms. The molecule has 0 aliphatic heterocycles. The van der Waals surface area contributed by atoms with Crippen LogP contribution in [0.5, 0.6) is 0 Å². The summed E-state index contributed by atoms with van der Waals surface area (Å²) in [5.41, 5.74) is 9.01. The van der Waals surface area contributed by atoms with E-state index in [4.69, 9.17) is 10.5 Å². The predicted octanol–water partition coefficient (Wildman–Crippen LogP) is 2.16. The lowest BCUT2D eigenvalue weighted by atomic mass is 10.1. The Balaban J connectivity index is 2.18. The van der Waals surface area contributed by atoms with Gasteiger partial charge in [0.25, 0.3) is 0 Å². The van der Waals surface area contributed by atoms with Crippen molar-refractivity contribution in [1.82, 2.24) is 9.97 Å². The molecule has 6 nitrogen and oxygen atoms in total. The molecule has 1 heterocycles. The van der Waals surface area contributed by atoms with Gasteiger partial charge in [0.15, 0.2) is 0 Å². The van der Waals surface area contributed by atoms with Gasteiger partial charge in [-0.3, -0.25) is 9.97 Å². The van der Waals surface area contributed by atoms with Crippen LogP contribution in [0.15, 0.2) is 30.6 Å². The Morgan fingerprint density at radius 2 is 2.14 bits per heavy atom. The lowest BCUT2D eigenvalue weighted by Gasteiger charge is -2.13. The van der Waals surface area contributed by atoms with Gasteiger partial charge >= 0.3 is 5.97 Å². The van der Waals surface area contributed by atoms with Crippen LogP contribution in [0, 0.1) is 6.92 Å². The molecule has 0 aliphatic carbocycles. The van der Waals surface area contributed by atoms with Crippen LogP contribution < -0.4 is 11.1 Å². The van der Waals surface area contributed by atoms with Gasteiger partial charge < -0.3 is 15.8 Å². The lowest BCUT2D eigenvalue weighted by Crippen LogP contribution is -2.12. The maximum absolute atomic E-state index is 11.9. The van der Waals surface area contributed by atoms with Gasteiger partial charge in [-0.05, 0) is 26.0 Å². The van der Waals surface area contributed by atoms with E-state index in [1.807, 2.05) is 6.92 Å². The zero-order valence-corrected chi connectivity index (χ0v) is 12.1. The Kier molecular flexibility index (Phi) is 4.71. The normalized spacial score (nSPS) is 10.2. The van der Waals surface area contributed by atoms with Gasteiger partial charge in [-0.15, -0.1) is 0 Å². The van der Waals surface area contributed by atoms with E-state index >= 15 is 0 Å². The molecule has 110 valence electrons. The number of aryl methyl sites for hydroxylation is 1. The number of carbonyl (C=O) groups excluding carboxylic acids is 1. The second-order valence-electron chi connectivity index (χ2n) is 4.49. The average molecular weight is 286 g/mol. The number of aromatic nitrogens is 2. The third-order valence-corrected chi connectivity index (χ3v) is 2.87. The standard InChI is InChI=1S/C15H18N4O2/c1-3-21-15(20)12-5-4-6-13(16)14(12)19-9-11-8-17-10(2)7-18-11/h4-8,19H,3,9,16H2,1-2H3. The Hall–Kier alpha value is -2.63. The van der Waals surface area contributed by atoms with E-state index in [0.717, 1.165) is 11.4 Å². The highest BCUT2D eigenvalue weighted by Crippen LogP contribution is 2.24. The largest absolute Gasteiger partial charge is 0.462 e. The van der Waals surface area contributed by atoms with Crippen molar-refractivity contribution in [2.75, 3.05) is 17.7 Å². The van der Waals surface area contributed by atoms with Crippen molar-refractivity contribution < 1.29 is 9.53 Å². The fourth-order valence-electron chi connectivity index (χ4n) is 1.84. The number of nitrogens with two attached hydrogens (primary N) is 1. The van der Waals surface area contributed by atoms with Crippen LogP contribution in [0.25, 0.3) is 0 Å². The number of ether oxygens (including phenoxy) is 1. The fourth-order valence-corrected chi connectivity index (χ4v) is 1.84. The first kappa shape index (κ1) is 14.8. The number of anilines is 2. The molecule has 1 aromatic heterocycles. The first-order valence-corrected chi connectivity index (χ1v) is 6.68. The molecule has 0 bridgehead atoms. The van der Waals surface area contributed by atoms with Crippen LogP contribution in [0.2, 0.25) is 0 Å². The summed E-state index contributed by atoms with van der Waals surface area (Å²) in [6.45, 7) is 4.38. The van der Waals surface area contributed by atoms with Gasteiger partial charge in [0.1, 0.15) is 0 Å². The van der Waals surface area contributed by atoms with E-state index in [1.54, 1.807) is 37.5 Å². The molecule has 0 radical (unpaired) electrons. The molecule has 6 heteroatoms. The van der Waals surface area contributed by atoms with Crippen LogP contribution in [-0.4, -0.2) is 22.5 Å². The SMILES string of the molecule is CCOC(=O)c1cccc(N)c1NCc1cnc(C)cn1. The molecule has 0 saturated heterocycles. The zero-order valence-electron chi connectivity index (χ0n) is 12.1. The third-order valence-electron chi connectivity index (χ3n) is 2.87. The Bertz CT molecular complexity index is 626. The number of nitrogen functional groups attached to an aromatic ring is 1. The van der Waals surface area contributed by atoms with Crippen LogP contribution >= 0.6 is 0 Å². The minimum atomic E-state index is -0.401. The van der Waals surface area contributed by atoms with E-state index in [-0.39, 0.29) is 0 Å². The molecule has 21 heavy (non-hydrogen) atoms. The summed E-state index contributed by atoms with van der Waals surface area (Å²) in [6, 6.07) is 5.13. The van der Waals surface area contributed by atoms with Crippen LogP contribution in [0.1, 0.15) is 28.7 Å². The minimum Gasteiger partial charge on any atom is -0.462 e. The minimum absolute atomic E-state index is 0.316.